The number of hydrogen-bond donors (Lipinski definition) is 1. The Bertz CT molecular complexity index is 1710. The van der Waals surface area contributed by atoms with Crippen LogP contribution in [-0.2, 0) is 15.3 Å². The molecule has 5 rings (SSSR count). The second-order valence-corrected chi connectivity index (χ2v) is 13.5. The zero-order valence-electron chi connectivity index (χ0n) is 27.0. The van der Waals surface area contributed by atoms with Gasteiger partial charge in [-0.1, -0.05) is 80.3 Å². The lowest BCUT2D eigenvalue weighted by Crippen LogP contribution is -2.29. The number of aliphatic hydroxyl groups is 1. The fraction of sp³-hybridized carbons (Fsp3) is 0.333. The molecule has 0 spiro atoms. The molecule has 9 nitrogen and oxygen atoms in total. The summed E-state index contributed by atoms with van der Waals surface area (Å²) in [6, 6.07) is 21.1. The number of anilines is 1. The fourth-order valence-corrected chi connectivity index (χ4v) is 6.82. The van der Waals surface area contributed by atoms with Crippen LogP contribution in [0.5, 0.6) is 17.2 Å². The van der Waals surface area contributed by atoms with Crippen LogP contribution in [-0.4, -0.2) is 46.8 Å². The van der Waals surface area contributed by atoms with E-state index in [1.54, 1.807) is 42.5 Å². The average Bonchev–Trinajstić information content (AvgIpc) is 3.65. The van der Waals surface area contributed by atoms with Gasteiger partial charge in [0.2, 0.25) is 5.13 Å². The molecule has 1 aromatic heterocycles. The van der Waals surface area contributed by atoms with Gasteiger partial charge in [0.05, 0.1) is 31.4 Å². The molecule has 0 aliphatic carbocycles. The van der Waals surface area contributed by atoms with E-state index in [2.05, 4.69) is 24.0 Å². The van der Waals surface area contributed by atoms with E-state index in [1.807, 2.05) is 44.2 Å². The first-order chi connectivity index (χ1) is 22.8. The van der Waals surface area contributed by atoms with E-state index < -0.39 is 17.7 Å². The van der Waals surface area contributed by atoms with Gasteiger partial charge < -0.3 is 19.3 Å². The molecule has 0 saturated carbocycles. The van der Waals surface area contributed by atoms with Crippen LogP contribution in [0.15, 0.2) is 82.7 Å². The zero-order valence-corrected chi connectivity index (χ0v) is 28.6. The maximum atomic E-state index is 13.8. The van der Waals surface area contributed by atoms with E-state index in [9.17, 15) is 14.7 Å². The molecule has 47 heavy (non-hydrogen) atoms. The summed E-state index contributed by atoms with van der Waals surface area (Å²) in [6.45, 7) is 9.61. The standard InChI is InChI=1S/C36H39N3O6S2/c1-5-19-44-27-15-12-25(13-16-27)32(40)30-31(26-14-17-28(29(21-26)43-6-2)45-20-18-23(3)4)39(34(42)33(30)41)35-37-38-36(47-35)46-22-24-10-8-7-9-11-24/h7-17,21,23,31,40H,5-6,18-20,22H2,1-4H3/b32-30+. The number of ketones is 1. The first kappa shape index (κ1) is 34.0. The van der Waals surface area contributed by atoms with Crippen LogP contribution in [0.3, 0.4) is 0 Å². The molecular formula is C36H39N3O6S2. The SMILES string of the molecule is CCCOc1ccc(/C(O)=C2\C(=O)C(=O)N(c3nnc(SCc4ccccc4)s3)C2c2ccc(OCCC(C)C)c(OCC)c2)cc1. The van der Waals surface area contributed by atoms with Crippen molar-refractivity contribution in [2.75, 3.05) is 24.7 Å². The van der Waals surface area contributed by atoms with E-state index in [-0.39, 0.29) is 16.5 Å². The van der Waals surface area contributed by atoms with Crippen molar-refractivity contribution in [2.24, 2.45) is 5.92 Å². The number of ether oxygens (including phenoxy) is 3. The Labute approximate surface area is 283 Å². The molecule has 0 radical (unpaired) electrons. The zero-order chi connectivity index (χ0) is 33.3. The molecule has 1 amide bonds. The van der Waals surface area contributed by atoms with Crippen LogP contribution in [0.1, 0.15) is 63.3 Å². The maximum absolute atomic E-state index is 13.8. The van der Waals surface area contributed by atoms with Crippen molar-refractivity contribution in [3.63, 3.8) is 0 Å². The topological polar surface area (TPSA) is 111 Å². The van der Waals surface area contributed by atoms with Gasteiger partial charge in [-0.25, -0.2) is 0 Å². The highest BCUT2D eigenvalue weighted by Gasteiger charge is 2.48. The number of amides is 1. The molecule has 0 bridgehead atoms. The van der Waals surface area contributed by atoms with Gasteiger partial charge in [-0.2, -0.15) is 0 Å². The van der Waals surface area contributed by atoms with E-state index in [1.165, 1.54) is 28.0 Å². The molecule has 11 heteroatoms. The molecule has 4 aromatic rings. The molecular weight excluding hydrogens is 635 g/mol. The Morgan fingerprint density at radius 3 is 2.40 bits per heavy atom. The van der Waals surface area contributed by atoms with Gasteiger partial charge in [0.15, 0.2) is 15.8 Å². The van der Waals surface area contributed by atoms with Crippen LogP contribution < -0.4 is 19.1 Å². The lowest BCUT2D eigenvalue weighted by atomic mass is 9.95. The van der Waals surface area contributed by atoms with Crippen LogP contribution >= 0.6 is 23.1 Å². The smallest absolute Gasteiger partial charge is 0.301 e. The quantitative estimate of drug-likeness (QED) is 0.0440. The molecule has 1 atom stereocenters. The van der Waals surface area contributed by atoms with Gasteiger partial charge in [0.1, 0.15) is 11.5 Å². The third kappa shape index (κ3) is 8.15. The highest BCUT2D eigenvalue weighted by Crippen LogP contribution is 2.46. The van der Waals surface area contributed by atoms with Crippen LogP contribution in [0, 0.1) is 5.92 Å². The molecule has 1 saturated heterocycles. The average molecular weight is 674 g/mol. The number of benzene rings is 3. The Hall–Kier alpha value is -4.35. The summed E-state index contributed by atoms with van der Waals surface area (Å²) in [7, 11) is 0. The number of aliphatic hydroxyl groups excluding tert-OH is 1. The van der Waals surface area contributed by atoms with Gasteiger partial charge in [-0.3, -0.25) is 14.5 Å². The molecule has 1 fully saturated rings. The number of Topliss-reactive ketones (excluding diaryl/α,β-unsaturated/α-hetero) is 1. The number of rotatable bonds is 15. The summed E-state index contributed by atoms with van der Waals surface area (Å²) >= 11 is 2.72. The van der Waals surface area contributed by atoms with E-state index >= 15 is 0 Å². The summed E-state index contributed by atoms with van der Waals surface area (Å²) in [4.78, 5) is 28.8. The van der Waals surface area contributed by atoms with Gasteiger partial charge in [0, 0.05) is 11.3 Å². The summed E-state index contributed by atoms with van der Waals surface area (Å²) in [6.07, 6.45) is 1.73. The Kier molecular flexibility index (Phi) is 11.6. The summed E-state index contributed by atoms with van der Waals surface area (Å²) in [5.41, 5.74) is 2.01. The van der Waals surface area contributed by atoms with Crippen molar-refractivity contribution in [3.8, 4) is 17.2 Å². The number of hydrogen-bond acceptors (Lipinski definition) is 10. The van der Waals surface area contributed by atoms with Crippen LogP contribution in [0.2, 0.25) is 0 Å². The highest BCUT2D eigenvalue weighted by molar-refractivity contribution is 8.00. The lowest BCUT2D eigenvalue weighted by Gasteiger charge is -2.24. The molecule has 1 unspecified atom stereocenters. The maximum Gasteiger partial charge on any atom is 0.301 e. The number of nitrogens with zero attached hydrogens (tertiary/aromatic N) is 3. The predicted molar refractivity (Wildman–Crippen MR) is 185 cm³/mol. The summed E-state index contributed by atoms with van der Waals surface area (Å²) in [5, 5.41) is 20.5. The number of carbonyl (C=O) groups is 2. The number of thioether (sulfide) groups is 1. The molecule has 1 aliphatic rings. The molecule has 1 N–H and O–H groups in total. The van der Waals surface area contributed by atoms with E-state index in [0.717, 1.165) is 18.4 Å². The Morgan fingerprint density at radius 1 is 0.936 bits per heavy atom. The van der Waals surface area contributed by atoms with Crippen molar-refractivity contribution in [2.45, 2.75) is 56.7 Å². The van der Waals surface area contributed by atoms with Crippen molar-refractivity contribution < 1.29 is 28.9 Å². The number of aromatic nitrogens is 2. The fourth-order valence-electron chi connectivity index (χ4n) is 4.99. The first-order valence-corrected chi connectivity index (χ1v) is 17.5. The monoisotopic (exact) mass is 673 g/mol. The van der Waals surface area contributed by atoms with Crippen molar-refractivity contribution >= 4 is 45.7 Å². The third-order valence-corrected chi connectivity index (χ3v) is 9.52. The minimum atomic E-state index is -0.991. The summed E-state index contributed by atoms with van der Waals surface area (Å²) < 4.78 is 18.3. The lowest BCUT2D eigenvalue weighted by molar-refractivity contribution is -0.132. The molecule has 3 aromatic carbocycles. The van der Waals surface area contributed by atoms with Gasteiger partial charge in [-0.05, 0) is 73.2 Å². The van der Waals surface area contributed by atoms with Crippen LogP contribution in [0.25, 0.3) is 5.76 Å². The molecule has 2 heterocycles. The Balaban J connectivity index is 1.55. The first-order valence-electron chi connectivity index (χ1n) is 15.7. The van der Waals surface area contributed by atoms with Gasteiger partial charge >= 0.3 is 5.91 Å². The molecule has 1 aliphatic heterocycles. The van der Waals surface area contributed by atoms with Crippen molar-refractivity contribution in [1.29, 1.82) is 0 Å². The van der Waals surface area contributed by atoms with Crippen molar-refractivity contribution in [1.82, 2.24) is 10.2 Å². The second-order valence-electron chi connectivity index (χ2n) is 11.3. The molecule has 246 valence electrons. The van der Waals surface area contributed by atoms with Gasteiger partial charge in [-0.15, -0.1) is 10.2 Å². The minimum absolute atomic E-state index is 0.0539. The third-order valence-electron chi connectivity index (χ3n) is 7.39. The van der Waals surface area contributed by atoms with Crippen LogP contribution in [0.4, 0.5) is 5.13 Å². The second kappa shape index (κ2) is 16.0. The highest BCUT2D eigenvalue weighted by atomic mass is 32.2. The van der Waals surface area contributed by atoms with Gasteiger partial charge in [0.25, 0.3) is 5.78 Å². The predicted octanol–water partition coefficient (Wildman–Crippen LogP) is 8.07. The minimum Gasteiger partial charge on any atom is -0.507 e. The number of carbonyl (C=O) groups excluding carboxylic acids is 2. The van der Waals surface area contributed by atoms with Crippen molar-refractivity contribution in [3.05, 3.63) is 95.1 Å². The summed E-state index contributed by atoms with van der Waals surface area (Å²) in [5.74, 6) is 0.915. The van der Waals surface area contributed by atoms with E-state index in [0.29, 0.717) is 64.2 Å². The van der Waals surface area contributed by atoms with E-state index in [4.69, 9.17) is 14.2 Å². The largest absolute Gasteiger partial charge is 0.507 e. The normalized spacial score (nSPS) is 15.8. The Morgan fingerprint density at radius 2 is 1.70 bits per heavy atom.